The predicted octanol–water partition coefficient (Wildman–Crippen LogP) is 2.56. The number of hydrogen-bond donors (Lipinski definition) is 2. The van der Waals surface area contributed by atoms with Gasteiger partial charge in [0.1, 0.15) is 12.2 Å². The first kappa shape index (κ1) is 17.0. The maximum absolute atomic E-state index is 12.2. The molecule has 0 saturated heterocycles. The smallest absolute Gasteiger partial charge is 0.189 e. The summed E-state index contributed by atoms with van der Waals surface area (Å²) in [6.07, 6.45) is 10.4. The van der Waals surface area contributed by atoms with Crippen molar-refractivity contribution >= 4 is 5.78 Å². The molecule has 136 valence electrons. The number of aliphatic hydroxyl groups excluding tert-OH is 1. The van der Waals surface area contributed by atoms with Crippen LogP contribution in [0.15, 0.2) is 0 Å². The second kappa shape index (κ2) is 6.37. The van der Waals surface area contributed by atoms with Crippen LogP contribution in [0.5, 0.6) is 0 Å². The van der Waals surface area contributed by atoms with Gasteiger partial charge in [0, 0.05) is 13.0 Å². The lowest BCUT2D eigenvalue weighted by Crippen LogP contribution is -2.55. The third-order valence-corrected chi connectivity index (χ3v) is 8.21. The molecule has 0 aliphatic heterocycles. The normalized spacial score (nSPS) is 50.7. The van der Waals surface area contributed by atoms with Gasteiger partial charge in [0.2, 0.25) is 0 Å². The maximum atomic E-state index is 12.2. The van der Waals surface area contributed by atoms with Crippen molar-refractivity contribution in [2.24, 2.45) is 35.5 Å². The molecule has 4 aliphatic carbocycles. The molecule has 0 bridgehead atoms. The van der Waals surface area contributed by atoms with Gasteiger partial charge in [-0.05, 0) is 68.1 Å². The van der Waals surface area contributed by atoms with Crippen molar-refractivity contribution < 1.29 is 19.7 Å². The summed E-state index contributed by atoms with van der Waals surface area (Å²) >= 11 is 0. The molecule has 0 radical (unpaired) electrons. The lowest BCUT2D eigenvalue weighted by atomic mass is 9.52. The van der Waals surface area contributed by atoms with Crippen LogP contribution in [-0.4, -0.2) is 41.4 Å². The summed E-state index contributed by atoms with van der Waals surface area (Å²) in [6.45, 7) is -0.545. The van der Waals surface area contributed by atoms with E-state index < -0.39 is 12.2 Å². The Kier molecular flexibility index (Phi) is 4.51. The minimum atomic E-state index is -1.31. The molecule has 0 aromatic carbocycles. The molecule has 0 heterocycles. The van der Waals surface area contributed by atoms with Crippen LogP contribution in [0, 0.1) is 35.5 Å². The van der Waals surface area contributed by atoms with Crippen molar-refractivity contribution in [2.75, 3.05) is 13.7 Å². The summed E-state index contributed by atoms with van der Waals surface area (Å²) in [4.78, 5) is 12.2. The third-order valence-electron chi connectivity index (χ3n) is 8.21. The van der Waals surface area contributed by atoms with E-state index in [2.05, 4.69) is 0 Å². The zero-order valence-corrected chi connectivity index (χ0v) is 14.8. The van der Waals surface area contributed by atoms with Crippen LogP contribution in [0.1, 0.15) is 57.8 Å². The van der Waals surface area contributed by atoms with Gasteiger partial charge < -0.3 is 14.9 Å². The molecule has 7 unspecified atom stereocenters. The van der Waals surface area contributed by atoms with Gasteiger partial charge in [-0.15, -0.1) is 0 Å². The molecular formula is C20H32O4. The maximum Gasteiger partial charge on any atom is 0.189 e. The van der Waals surface area contributed by atoms with Gasteiger partial charge in [-0.1, -0.05) is 19.3 Å². The van der Waals surface area contributed by atoms with Gasteiger partial charge >= 0.3 is 0 Å². The molecule has 4 saturated carbocycles. The van der Waals surface area contributed by atoms with Gasteiger partial charge in [0.25, 0.3) is 0 Å². The number of methoxy groups -OCH3 is 1. The van der Waals surface area contributed by atoms with Gasteiger partial charge in [-0.25, -0.2) is 0 Å². The Morgan fingerprint density at radius 3 is 2.62 bits per heavy atom. The summed E-state index contributed by atoms with van der Waals surface area (Å²) in [5.41, 5.74) is -1.31. The van der Waals surface area contributed by atoms with Crippen molar-refractivity contribution in [3.8, 4) is 0 Å². The van der Waals surface area contributed by atoms with E-state index in [0.717, 1.165) is 24.7 Å². The molecule has 24 heavy (non-hydrogen) atoms. The molecule has 4 fully saturated rings. The molecule has 4 nitrogen and oxygen atoms in total. The van der Waals surface area contributed by atoms with Crippen LogP contribution in [0.25, 0.3) is 0 Å². The number of fused-ring (bicyclic) bond motifs is 5. The van der Waals surface area contributed by atoms with Crippen LogP contribution < -0.4 is 0 Å². The molecule has 0 aromatic rings. The average Bonchev–Trinajstić information content (AvgIpc) is 2.98. The summed E-state index contributed by atoms with van der Waals surface area (Å²) in [7, 11) is 1.80. The zero-order chi connectivity index (χ0) is 16.9. The van der Waals surface area contributed by atoms with Crippen molar-refractivity contribution in [3.05, 3.63) is 0 Å². The molecule has 4 heteroatoms. The predicted molar refractivity (Wildman–Crippen MR) is 90.3 cm³/mol. The van der Waals surface area contributed by atoms with Crippen LogP contribution in [0.3, 0.4) is 0 Å². The number of ether oxygens (including phenoxy) is 1. The highest BCUT2D eigenvalue weighted by atomic mass is 16.5. The first-order chi connectivity index (χ1) is 11.6. The second-order valence-electron chi connectivity index (χ2n) is 8.85. The van der Waals surface area contributed by atoms with Crippen LogP contribution in [-0.2, 0) is 9.53 Å². The van der Waals surface area contributed by atoms with E-state index in [-0.39, 0.29) is 17.8 Å². The second-order valence-corrected chi connectivity index (χ2v) is 8.85. The Morgan fingerprint density at radius 2 is 1.88 bits per heavy atom. The lowest BCUT2D eigenvalue weighted by molar-refractivity contribution is -0.160. The summed E-state index contributed by atoms with van der Waals surface area (Å²) in [6, 6.07) is 0. The fraction of sp³-hybridized carbons (Fsp3) is 0.950. The molecule has 4 aliphatic rings. The van der Waals surface area contributed by atoms with E-state index in [1.54, 1.807) is 7.11 Å². The Morgan fingerprint density at radius 1 is 1.08 bits per heavy atom. The molecule has 8 atom stereocenters. The van der Waals surface area contributed by atoms with Crippen molar-refractivity contribution in [2.45, 2.75) is 69.5 Å². The zero-order valence-electron chi connectivity index (χ0n) is 14.8. The highest BCUT2D eigenvalue weighted by molar-refractivity contribution is 5.88. The SMILES string of the molecule is COC1CC2[C@@H](CCC2(O)C(=O)CO)C2CCC3CCCCC3C12. The fourth-order valence-corrected chi connectivity index (χ4v) is 7.22. The minimum Gasteiger partial charge on any atom is -0.388 e. The highest BCUT2D eigenvalue weighted by Crippen LogP contribution is 2.60. The van der Waals surface area contributed by atoms with Gasteiger partial charge in [-0.2, -0.15) is 0 Å². The van der Waals surface area contributed by atoms with Crippen molar-refractivity contribution in [1.82, 2.24) is 0 Å². The molecule has 2 N–H and O–H groups in total. The Hall–Kier alpha value is -0.450. The van der Waals surface area contributed by atoms with E-state index in [4.69, 9.17) is 4.74 Å². The fourth-order valence-electron chi connectivity index (χ4n) is 7.22. The number of aliphatic hydroxyl groups is 2. The van der Waals surface area contributed by atoms with E-state index in [1.165, 1.54) is 38.5 Å². The minimum absolute atomic E-state index is 0.0245. The number of rotatable bonds is 3. The first-order valence-corrected chi connectivity index (χ1v) is 9.99. The lowest BCUT2D eigenvalue weighted by Gasteiger charge is -2.55. The molecule has 0 spiro atoms. The molecular weight excluding hydrogens is 304 g/mol. The monoisotopic (exact) mass is 336 g/mol. The number of carbonyl (C=O) groups excluding carboxylic acids is 1. The number of hydrogen-bond acceptors (Lipinski definition) is 4. The van der Waals surface area contributed by atoms with E-state index in [1.807, 2.05) is 0 Å². The van der Waals surface area contributed by atoms with Crippen LogP contribution >= 0.6 is 0 Å². The Bertz CT molecular complexity index is 492. The molecule has 0 aromatic heterocycles. The summed E-state index contributed by atoms with van der Waals surface area (Å²) in [5.74, 6) is 2.89. The van der Waals surface area contributed by atoms with Gasteiger partial charge in [0.05, 0.1) is 6.10 Å². The van der Waals surface area contributed by atoms with Crippen LogP contribution in [0.4, 0.5) is 0 Å². The number of Topliss-reactive ketones (excluding diaryl/α,β-unsaturated/α-hetero) is 1. The van der Waals surface area contributed by atoms with Crippen LogP contribution in [0.2, 0.25) is 0 Å². The molecule has 0 amide bonds. The summed E-state index contributed by atoms with van der Waals surface area (Å²) in [5, 5.41) is 20.3. The Balaban J connectivity index is 1.63. The first-order valence-electron chi connectivity index (χ1n) is 9.99. The van der Waals surface area contributed by atoms with Gasteiger partial charge in [-0.3, -0.25) is 4.79 Å². The van der Waals surface area contributed by atoms with E-state index >= 15 is 0 Å². The van der Waals surface area contributed by atoms with E-state index in [0.29, 0.717) is 24.2 Å². The average molecular weight is 336 g/mol. The largest absolute Gasteiger partial charge is 0.388 e. The van der Waals surface area contributed by atoms with E-state index in [9.17, 15) is 15.0 Å². The Labute approximate surface area is 145 Å². The number of ketones is 1. The highest BCUT2D eigenvalue weighted by Gasteiger charge is 2.60. The summed E-state index contributed by atoms with van der Waals surface area (Å²) < 4.78 is 5.94. The standard InChI is InChI=1S/C20H32O4/c1-24-17-10-16-14(8-9-20(16,23)18(22)11-21)15-7-6-12-4-2-3-5-13(12)19(15)17/h12-17,19,21,23H,2-11H2,1H3/t12?,13?,14-,15?,16?,17?,19?,20?/m0/s1. The van der Waals surface area contributed by atoms with Gasteiger partial charge in [0.15, 0.2) is 5.78 Å². The van der Waals surface area contributed by atoms with Crippen molar-refractivity contribution in [3.63, 3.8) is 0 Å². The quantitative estimate of drug-likeness (QED) is 0.831. The molecule has 4 rings (SSSR count). The third kappa shape index (κ3) is 2.40. The van der Waals surface area contributed by atoms with Crippen molar-refractivity contribution in [1.29, 1.82) is 0 Å². The number of carbonyl (C=O) groups is 1. The topological polar surface area (TPSA) is 66.8 Å².